The number of barbiturate groups is 1. The summed E-state index contributed by atoms with van der Waals surface area (Å²) in [7, 11) is 0. The molecule has 2 aromatic rings. The Kier molecular flexibility index (Phi) is 6.09. The Labute approximate surface area is 180 Å². The third-order valence-electron chi connectivity index (χ3n) is 4.14. The molecule has 2 N–H and O–H groups in total. The first-order valence-electron chi connectivity index (χ1n) is 8.54. The van der Waals surface area contributed by atoms with E-state index in [1.165, 1.54) is 43.3 Å². The number of rotatable bonds is 5. The minimum atomic E-state index is -1.18. The molecule has 0 aromatic heterocycles. The third kappa shape index (κ3) is 4.14. The first kappa shape index (κ1) is 21.4. The number of para-hydroxylation sites is 1. The van der Waals surface area contributed by atoms with Crippen LogP contribution in [0.1, 0.15) is 12.5 Å². The number of amides is 4. The quantitative estimate of drug-likeness (QED) is 0.534. The highest BCUT2D eigenvalue weighted by atomic mass is 35.5. The van der Waals surface area contributed by atoms with E-state index in [-0.39, 0.29) is 32.6 Å². The summed E-state index contributed by atoms with van der Waals surface area (Å²) in [6.45, 7) is 1.34. The fourth-order valence-electron chi connectivity index (χ4n) is 2.64. The second kappa shape index (κ2) is 8.56. The number of nitrogens with one attached hydrogen (secondary N) is 1. The van der Waals surface area contributed by atoms with E-state index in [9.17, 15) is 19.2 Å². The first-order chi connectivity index (χ1) is 14.2. The van der Waals surface area contributed by atoms with E-state index in [1.54, 1.807) is 12.1 Å². The smallest absolute Gasteiger partial charge is 0.344 e. The van der Waals surface area contributed by atoms with Crippen LogP contribution in [-0.2, 0) is 14.4 Å². The Bertz CT molecular complexity index is 1100. The van der Waals surface area contributed by atoms with Gasteiger partial charge in [-0.3, -0.25) is 14.9 Å². The van der Waals surface area contributed by atoms with Crippen molar-refractivity contribution in [1.29, 1.82) is 0 Å². The number of ether oxygens (including phenoxy) is 1. The number of benzene rings is 2. The lowest BCUT2D eigenvalue weighted by Crippen LogP contribution is -2.54. The molecule has 8 nitrogen and oxygen atoms in total. The molecule has 3 rings (SSSR count). The van der Waals surface area contributed by atoms with Gasteiger partial charge in [0.25, 0.3) is 11.8 Å². The van der Waals surface area contributed by atoms with Crippen LogP contribution >= 0.6 is 23.2 Å². The Morgan fingerprint density at radius 1 is 1.13 bits per heavy atom. The second-order valence-electron chi connectivity index (χ2n) is 6.17. The van der Waals surface area contributed by atoms with Crippen LogP contribution in [-0.4, -0.2) is 35.0 Å². The van der Waals surface area contributed by atoms with Gasteiger partial charge in [-0.05, 0) is 31.2 Å². The van der Waals surface area contributed by atoms with Crippen LogP contribution in [0.4, 0.5) is 10.5 Å². The van der Waals surface area contributed by atoms with Crippen LogP contribution in [0.5, 0.6) is 5.75 Å². The SMILES string of the molecule is C[C@@H](Oc1ccccc1/C=C1\C(=O)NC(=O)N(c2cccc(Cl)c2Cl)C1=O)C(=O)O. The van der Waals surface area contributed by atoms with Crippen molar-refractivity contribution in [2.45, 2.75) is 13.0 Å². The number of hydrogen-bond donors (Lipinski definition) is 2. The molecule has 4 amide bonds. The summed E-state index contributed by atoms with van der Waals surface area (Å²) in [5, 5.41) is 11.2. The maximum atomic E-state index is 13.0. The maximum absolute atomic E-state index is 13.0. The minimum absolute atomic E-state index is 0.00843. The van der Waals surface area contributed by atoms with Crippen molar-refractivity contribution in [3.05, 3.63) is 63.6 Å². The molecule has 2 aromatic carbocycles. The van der Waals surface area contributed by atoms with Gasteiger partial charge >= 0.3 is 12.0 Å². The summed E-state index contributed by atoms with van der Waals surface area (Å²) < 4.78 is 5.38. The summed E-state index contributed by atoms with van der Waals surface area (Å²) in [4.78, 5) is 49.4. The number of anilines is 1. The highest BCUT2D eigenvalue weighted by Crippen LogP contribution is 2.34. The Balaban J connectivity index is 2.04. The molecule has 1 aliphatic rings. The number of urea groups is 1. The molecule has 1 fully saturated rings. The van der Waals surface area contributed by atoms with Gasteiger partial charge in [0.2, 0.25) is 0 Å². The molecule has 1 heterocycles. The van der Waals surface area contributed by atoms with Crippen molar-refractivity contribution in [2.75, 3.05) is 4.90 Å². The van der Waals surface area contributed by atoms with E-state index in [2.05, 4.69) is 5.32 Å². The van der Waals surface area contributed by atoms with Gasteiger partial charge in [-0.25, -0.2) is 14.5 Å². The topological polar surface area (TPSA) is 113 Å². The fraction of sp³-hybridized carbons (Fsp3) is 0.100. The number of carbonyl (C=O) groups excluding carboxylic acids is 3. The molecule has 154 valence electrons. The molecule has 10 heteroatoms. The van der Waals surface area contributed by atoms with Crippen molar-refractivity contribution in [1.82, 2.24) is 5.32 Å². The highest BCUT2D eigenvalue weighted by Gasteiger charge is 2.38. The largest absolute Gasteiger partial charge is 0.479 e. The zero-order valence-electron chi connectivity index (χ0n) is 15.4. The Morgan fingerprint density at radius 2 is 1.83 bits per heavy atom. The van der Waals surface area contributed by atoms with Crippen molar-refractivity contribution in [2.24, 2.45) is 0 Å². The van der Waals surface area contributed by atoms with Gasteiger partial charge in [0, 0.05) is 5.56 Å². The number of carboxylic acids is 1. The monoisotopic (exact) mass is 448 g/mol. The zero-order chi connectivity index (χ0) is 22.0. The number of imide groups is 2. The molecule has 0 aliphatic carbocycles. The van der Waals surface area contributed by atoms with E-state index in [0.29, 0.717) is 4.90 Å². The number of halogens is 2. The molecule has 0 spiro atoms. The fourth-order valence-corrected chi connectivity index (χ4v) is 3.02. The van der Waals surface area contributed by atoms with Crippen molar-refractivity contribution < 1.29 is 29.0 Å². The van der Waals surface area contributed by atoms with Crippen LogP contribution in [0, 0.1) is 0 Å². The van der Waals surface area contributed by atoms with Gasteiger partial charge < -0.3 is 9.84 Å². The zero-order valence-corrected chi connectivity index (χ0v) is 16.9. The van der Waals surface area contributed by atoms with E-state index in [1.807, 2.05) is 0 Å². The molecule has 0 radical (unpaired) electrons. The van der Waals surface area contributed by atoms with Gasteiger partial charge in [-0.15, -0.1) is 0 Å². The number of carboxylic acid groups (broad SMARTS) is 1. The van der Waals surface area contributed by atoms with Crippen LogP contribution in [0.2, 0.25) is 10.0 Å². The second-order valence-corrected chi connectivity index (χ2v) is 6.95. The number of nitrogens with zero attached hydrogens (tertiary/aromatic N) is 1. The molecule has 0 saturated carbocycles. The van der Waals surface area contributed by atoms with Crippen LogP contribution in [0.25, 0.3) is 6.08 Å². The predicted octanol–water partition coefficient (Wildman–Crippen LogP) is 3.51. The molecular formula is C20H14Cl2N2O6. The molecule has 0 bridgehead atoms. The summed E-state index contributed by atoms with van der Waals surface area (Å²) in [5.74, 6) is -2.88. The first-order valence-corrected chi connectivity index (χ1v) is 9.30. The van der Waals surface area contributed by atoms with E-state index in [0.717, 1.165) is 0 Å². The Morgan fingerprint density at radius 3 is 2.53 bits per heavy atom. The average molecular weight is 449 g/mol. The lowest BCUT2D eigenvalue weighted by atomic mass is 10.1. The van der Waals surface area contributed by atoms with Crippen molar-refractivity contribution in [3.8, 4) is 5.75 Å². The van der Waals surface area contributed by atoms with Crippen LogP contribution < -0.4 is 15.0 Å². The summed E-state index contributed by atoms with van der Waals surface area (Å²) in [5.41, 5.74) is -0.0886. The van der Waals surface area contributed by atoms with Crippen molar-refractivity contribution in [3.63, 3.8) is 0 Å². The van der Waals surface area contributed by atoms with Gasteiger partial charge in [0.1, 0.15) is 11.3 Å². The third-order valence-corrected chi connectivity index (χ3v) is 4.95. The van der Waals surface area contributed by atoms with Crippen molar-refractivity contribution >= 4 is 58.8 Å². The normalized spacial score (nSPS) is 16.4. The predicted molar refractivity (Wildman–Crippen MR) is 110 cm³/mol. The highest BCUT2D eigenvalue weighted by molar-refractivity contribution is 6.46. The molecule has 30 heavy (non-hydrogen) atoms. The van der Waals surface area contributed by atoms with Gasteiger partial charge in [-0.1, -0.05) is 47.5 Å². The lowest BCUT2D eigenvalue weighted by Gasteiger charge is -2.27. The average Bonchev–Trinajstić information content (AvgIpc) is 2.69. The van der Waals surface area contributed by atoms with Crippen LogP contribution in [0.3, 0.4) is 0 Å². The van der Waals surface area contributed by atoms with E-state index >= 15 is 0 Å². The minimum Gasteiger partial charge on any atom is -0.479 e. The van der Waals surface area contributed by atoms with Gasteiger partial charge in [0.15, 0.2) is 6.10 Å². The number of hydrogen-bond acceptors (Lipinski definition) is 5. The lowest BCUT2D eigenvalue weighted by molar-refractivity contribution is -0.144. The molecule has 1 aliphatic heterocycles. The number of aliphatic carboxylic acids is 1. The van der Waals surface area contributed by atoms with Gasteiger partial charge in [-0.2, -0.15) is 0 Å². The summed E-state index contributed by atoms with van der Waals surface area (Å²) >= 11 is 12.1. The standard InChI is InChI=1S/C20H14Cl2N2O6/c1-10(19(27)28)30-15-8-3-2-5-11(15)9-12-17(25)23-20(29)24(18(12)26)14-7-4-6-13(21)16(14)22/h2-10H,1H3,(H,27,28)(H,23,25,29)/b12-9+/t10-/m1/s1. The molecule has 1 saturated heterocycles. The Hall–Kier alpha value is -3.36. The summed E-state index contributed by atoms with van der Waals surface area (Å²) in [6.07, 6.45) is 0.0446. The van der Waals surface area contributed by atoms with Gasteiger partial charge in [0.05, 0.1) is 15.7 Å². The summed E-state index contributed by atoms with van der Waals surface area (Å²) in [6, 6.07) is 9.67. The van der Waals surface area contributed by atoms with Crippen LogP contribution in [0.15, 0.2) is 48.0 Å². The van der Waals surface area contributed by atoms with E-state index in [4.69, 9.17) is 33.0 Å². The maximum Gasteiger partial charge on any atom is 0.344 e. The number of carbonyl (C=O) groups is 4. The van der Waals surface area contributed by atoms with E-state index < -0.39 is 29.9 Å². The molecule has 1 atom stereocenters. The molecular weight excluding hydrogens is 435 g/mol. The molecule has 0 unspecified atom stereocenters.